The van der Waals surface area contributed by atoms with Gasteiger partial charge in [-0.2, -0.15) is 0 Å². The highest BCUT2D eigenvalue weighted by Gasteiger charge is 2.55. The molecule has 0 aromatic heterocycles. The normalized spacial score (nSPS) is 23.0. The van der Waals surface area contributed by atoms with Gasteiger partial charge in [0.2, 0.25) is 5.91 Å². The molecule has 9 nitrogen and oxygen atoms in total. The molecule has 2 atom stereocenters. The first-order chi connectivity index (χ1) is 17.4. The van der Waals surface area contributed by atoms with Crippen molar-refractivity contribution in [1.82, 2.24) is 20.4 Å². The Hall–Kier alpha value is -3.88. The van der Waals surface area contributed by atoms with Crippen molar-refractivity contribution in [2.45, 2.75) is 38.1 Å². The van der Waals surface area contributed by atoms with Gasteiger partial charge in [0.05, 0.1) is 0 Å². The number of nitrogens with one attached hydrogen (secondary N) is 3. The fraction of sp³-hybridized carbons (Fsp3) is 0.407. The smallest absolute Gasteiger partial charge is 0.325 e. The number of benzene rings is 2. The Bertz CT molecular complexity index is 1200. The number of anilines is 1. The highest BCUT2D eigenvalue weighted by molar-refractivity contribution is 6.10. The molecule has 2 heterocycles. The van der Waals surface area contributed by atoms with Crippen LogP contribution in [-0.4, -0.2) is 59.9 Å². The van der Waals surface area contributed by atoms with Crippen molar-refractivity contribution in [2.24, 2.45) is 5.92 Å². The van der Waals surface area contributed by atoms with Crippen molar-refractivity contribution >= 4 is 29.6 Å². The summed E-state index contributed by atoms with van der Waals surface area (Å²) in [6.45, 7) is 3.19. The van der Waals surface area contributed by atoms with E-state index in [9.17, 15) is 19.2 Å². The van der Waals surface area contributed by atoms with Gasteiger partial charge in [-0.25, -0.2) is 9.59 Å². The molecule has 2 aliphatic heterocycles. The first-order valence-electron chi connectivity index (χ1n) is 12.5. The summed E-state index contributed by atoms with van der Waals surface area (Å²) in [7, 11) is 0. The van der Waals surface area contributed by atoms with Crippen LogP contribution in [0.2, 0.25) is 0 Å². The fourth-order valence-electron chi connectivity index (χ4n) is 5.48. The summed E-state index contributed by atoms with van der Waals surface area (Å²) in [5.41, 5.74) is 2.65. The summed E-state index contributed by atoms with van der Waals surface area (Å²) < 4.78 is 0. The van der Waals surface area contributed by atoms with Gasteiger partial charge in [-0.05, 0) is 61.8 Å². The maximum atomic E-state index is 13.3. The lowest BCUT2D eigenvalue weighted by Gasteiger charge is -2.33. The number of carbonyl (C=O) groups excluding carboxylic acids is 4. The molecule has 0 radical (unpaired) electrons. The van der Waals surface area contributed by atoms with E-state index in [1.165, 1.54) is 0 Å². The molecule has 6 amide bonds. The third-order valence-electron chi connectivity index (χ3n) is 7.45. The molecule has 36 heavy (non-hydrogen) atoms. The van der Waals surface area contributed by atoms with E-state index in [4.69, 9.17) is 0 Å². The van der Waals surface area contributed by atoms with Crippen molar-refractivity contribution in [1.29, 1.82) is 0 Å². The molecular formula is C27H31N5O4. The number of nitrogens with zero attached hydrogens (tertiary/aromatic N) is 2. The van der Waals surface area contributed by atoms with Crippen molar-refractivity contribution < 1.29 is 19.2 Å². The van der Waals surface area contributed by atoms with E-state index >= 15 is 0 Å². The second-order valence-corrected chi connectivity index (χ2v) is 9.93. The van der Waals surface area contributed by atoms with Crippen LogP contribution in [-0.2, 0) is 21.5 Å². The van der Waals surface area contributed by atoms with Crippen molar-refractivity contribution in [3.05, 3.63) is 65.2 Å². The molecule has 0 saturated carbocycles. The Labute approximate surface area is 210 Å². The quantitative estimate of drug-likeness (QED) is 0.561. The minimum Gasteiger partial charge on any atom is -0.341 e. The summed E-state index contributed by atoms with van der Waals surface area (Å²) in [5.74, 6) is -0.507. The van der Waals surface area contributed by atoms with E-state index in [-0.39, 0.29) is 30.3 Å². The highest BCUT2D eigenvalue weighted by Crippen LogP contribution is 2.41. The van der Waals surface area contributed by atoms with Crippen LogP contribution in [0.15, 0.2) is 48.5 Å². The molecule has 9 heteroatoms. The predicted molar refractivity (Wildman–Crippen MR) is 134 cm³/mol. The maximum Gasteiger partial charge on any atom is 0.325 e. The minimum absolute atomic E-state index is 0.0997. The topological polar surface area (TPSA) is 111 Å². The Kier molecular flexibility index (Phi) is 6.38. The lowest BCUT2D eigenvalue weighted by Crippen LogP contribution is -2.49. The molecule has 188 valence electrons. The fourth-order valence-corrected chi connectivity index (χ4v) is 5.48. The average molecular weight is 490 g/mol. The van der Waals surface area contributed by atoms with Gasteiger partial charge in [-0.3, -0.25) is 14.5 Å². The summed E-state index contributed by atoms with van der Waals surface area (Å²) >= 11 is 0. The summed E-state index contributed by atoms with van der Waals surface area (Å²) in [4.78, 5) is 54.2. The summed E-state index contributed by atoms with van der Waals surface area (Å²) in [6.07, 6.45) is 2.90. The van der Waals surface area contributed by atoms with Crippen LogP contribution in [0.25, 0.3) is 0 Å². The zero-order valence-electron chi connectivity index (χ0n) is 20.4. The van der Waals surface area contributed by atoms with Gasteiger partial charge in [0.1, 0.15) is 12.1 Å². The number of carbonyl (C=O) groups is 4. The van der Waals surface area contributed by atoms with Crippen molar-refractivity contribution in [2.75, 3.05) is 31.5 Å². The van der Waals surface area contributed by atoms with Gasteiger partial charge in [0.25, 0.3) is 5.91 Å². The number of hydrogen-bond donors (Lipinski definition) is 3. The zero-order chi connectivity index (χ0) is 25.3. The Morgan fingerprint density at radius 2 is 1.89 bits per heavy atom. The number of hydrogen-bond acceptors (Lipinski definition) is 4. The summed E-state index contributed by atoms with van der Waals surface area (Å²) in [6, 6.07) is 14.4. The van der Waals surface area contributed by atoms with Gasteiger partial charge in [-0.15, -0.1) is 0 Å². The van der Waals surface area contributed by atoms with E-state index in [1.807, 2.05) is 55.5 Å². The third-order valence-corrected chi connectivity index (χ3v) is 7.45. The Morgan fingerprint density at radius 1 is 1.11 bits per heavy atom. The number of aryl methyl sites for hydroxylation is 2. The molecule has 2 aromatic rings. The van der Waals surface area contributed by atoms with Crippen LogP contribution >= 0.6 is 0 Å². The van der Waals surface area contributed by atoms with E-state index in [1.54, 1.807) is 4.90 Å². The SMILES string of the molecule is Cc1ccc(NC(=O)NCC2CCCN(C(=O)CN3C(=O)NC4(CCc5ccccc54)C3=O)C2)cc1. The second kappa shape index (κ2) is 9.64. The van der Waals surface area contributed by atoms with Crippen LogP contribution in [0, 0.1) is 12.8 Å². The maximum absolute atomic E-state index is 13.3. The minimum atomic E-state index is -1.06. The molecular weight excluding hydrogens is 458 g/mol. The lowest BCUT2D eigenvalue weighted by atomic mass is 9.92. The molecule has 2 unspecified atom stereocenters. The highest BCUT2D eigenvalue weighted by atomic mass is 16.2. The van der Waals surface area contributed by atoms with Gasteiger partial charge in [-0.1, -0.05) is 42.0 Å². The molecule has 1 spiro atoms. The number of amides is 6. The van der Waals surface area contributed by atoms with E-state index in [2.05, 4.69) is 16.0 Å². The lowest BCUT2D eigenvalue weighted by molar-refractivity contribution is -0.140. The first-order valence-corrected chi connectivity index (χ1v) is 12.5. The number of rotatable bonds is 5. The van der Waals surface area contributed by atoms with Crippen molar-refractivity contribution in [3.8, 4) is 0 Å². The number of likely N-dealkylation sites (tertiary alicyclic amines) is 1. The zero-order valence-corrected chi connectivity index (χ0v) is 20.4. The Morgan fingerprint density at radius 3 is 2.69 bits per heavy atom. The average Bonchev–Trinajstić information content (AvgIpc) is 3.37. The van der Waals surface area contributed by atoms with Gasteiger partial charge in [0.15, 0.2) is 0 Å². The number of fused-ring (bicyclic) bond motifs is 2. The molecule has 3 aliphatic rings. The van der Waals surface area contributed by atoms with Crippen molar-refractivity contribution in [3.63, 3.8) is 0 Å². The molecule has 3 N–H and O–H groups in total. The standard InChI is InChI=1S/C27H31N5O4/c1-18-8-10-21(11-9-18)29-25(35)28-15-19-5-4-14-31(16-19)23(33)17-32-24(34)27(30-26(32)36)13-12-20-6-2-3-7-22(20)27/h2-3,6-11,19H,4-5,12-17H2,1H3,(H,30,36)(H2,28,29,35). The predicted octanol–water partition coefficient (Wildman–Crippen LogP) is 2.75. The number of urea groups is 2. The van der Waals surface area contributed by atoms with E-state index in [0.717, 1.165) is 40.1 Å². The molecule has 5 rings (SSSR count). The van der Waals surface area contributed by atoms with Crippen LogP contribution < -0.4 is 16.0 Å². The largest absolute Gasteiger partial charge is 0.341 e. The number of piperidine rings is 1. The molecule has 2 saturated heterocycles. The second-order valence-electron chi connectivity index (χ2n) is 9.93. The van der Waals surface area contributed by atoms with Gasteiger partial charge >= 0.3 is 12.1 Å². The molecule has 1 aliphatic carbocycles. The van der Waals surface area contributed by atoms with Gasteiger partial charge < -0.3 is 20.9 Å². The Balaban J connectivity index is 1.15. The van der Waals surface area contributed by atoms with E-state index < -0.39 is 11.6 Å². The number of imide groups is 1. The third kappa shape index (κ3) is 4.53. The van der Waals surface area contributed by atoms with Crippen LogP contribution in [0.3, 0.4) is 0 Å². The molecule has 2 aromatic carbocycles. The molecule has 2 fully saturated rings. The summed E-state index contributed by atoms with van der Waals surface area (Å²) in [5, 5.41) is 8.57. The molecule has 0 bridgehead atoms. The van der Waals surface area contributed by atoms with Crippen LogP contribution in [0.1, 0.15) is 36.0 Å². The first kappa shape index (κ1) is 23.8. The van der Waals surface area contributed by atoms with Crippen LogP contribution in [0.4, 0.5) is 15.3 Å². The van der Waals surface area contributed by atoms with E-state index in [0.29, 0.717) is 32.5 Å². The monoisotopic (exact) mass is 489 g/mol. The van der Waals surface area contributed by atoms with Gasteiger partial charge in [0, 0.05) is 25.3 Å². The van der Waals surface area contributed by atoms with Crippen LogP contribution in [0.5, 0.6) is 0 Å².